The Balaban J connectivity index is 1.75. The number of likely N-dealkylation sites (N-methyl/N-ethyl adjacent to an activating group) is 1. The van der Waals surface area contributed by atoms with Gasteiger partial charge < -0.3 is 15.1 Å². The van der Waals surface area contributed by atoms with Crippen molar-refractivity contribution in [2.24, 2.45) is 0 Å². The molecule has 8 heteroatoms. The number of carbonyl (C=O) groups excluding carboxylic acids is 2. The fourth-order valence-corrected chi connectivity index (χ4v) is 4.37. The molecule has 3 rings (SSSR count). The number of amides is 2. The molecular formula is C21H34N6O2. The van der Waals surface area contributed by atoms with Crippen LogP contribution in [0.4, 0.5) is 5.82 Å². The zero-order valence-corrected chi connectivity index (χ0v) is 18.2. The maximum absolute atomic E-state index is 12.5. The Morgan fingerprint density at radius 3 is 2.62 bits per heavy atom. The number of hydrogen-bond donors (Lipinski definition) is 1. The van der Waals surface area contributed by atoms with Crippen molar-refractivity contribution in [2.75, 3.05) is 51.6 Å². The molecule has 160 valence electrons. The summed E-state index contributed by atoms with van der Waals surface area (Å²) in [6, 6.07) is 0. The molecule has 1 fully saturated rings. The van der Waals surface area contributed by atoms with Gasteiger partial charge in [-0.05, 0) is 33.2 Å². The topological polar surface area (TPSA) is 81.7 Å². The van der Waals surface area contributed by atoms with Crippen LogP contribution in [0.1, 0.15) is 56.6 Å². The smallest absolute Gasteiger partial charge is 0.236 e. The number of anilines is 1. The molecule has 0 aromatic carbocycles. The highest BCUT2D eigenvalue weighted by molar-refractivity contribution is 5.78. The van der Waals surface area contributed by atoms with E-state index in [9.17, 15) is 9.59 Å². The van der Waals surface area contributed by atoms with Crippen molar-refractivity contribution in [3.63, 3.8) is 0 Å². The SMILES string of the molecule is CCN(CC)C(=O)CN1CCCC(c2nc3c(c(NC)n2)CN(C(C)=O)CC3)C1. The first-order chi connectivity index (χ1) is 14.0. The van der Waals surface area contributed by atoms with Crippen molar-refractivity contribution in [3.05, 3.63) is 17.1 Å². The molecule has 1 atom stereocenters. The van der Waals surface area contributed by atoms with E-state index in [0.717, 1.165) is 68.3 Å². The van der Waals surface area contributed by atoms with Gasteiger partial charge in [0.25, 0.3) is 0 Å². The van der Waals surface area contributed by atoms with Gasteiger partial charge in [0.1, 0.15) is 11.6 Å². The van der Waals surface area contributed by atoms with Crippen molar-refractivity contribution in [1.82, 2.24) is 24.7 Å². The summed E-state index contributed by atoms with van der Waals surface area (Å²) in [4.78, 5) is 40.0. The van der Waals surface area contributed by atoms with E-state index in [0.29, 0.717) is 19.6 Å². The zero-order valence-electron chi connectivity index (χ0n) is 18.2. The number of piperidine rings is 1. The summed E-state index contributed by atoms with van der Waals surface area (Å²) >= 11 is 0. The molecule has 1 N–H and O–H groups in total. The lowest BCUT2D eigenvalue weighted by Gasteiger charge is -2.34. The van der Waals surface area contributed by atoms with Gasteiger partial charge in [-0.3, -0.25) is 14.5 Å². The number of fused-ring (bicyclic) bond motifs is 1. The molecule has 1 aromatic heterocycles. The van der Waals surface area contributed by atoms with Gasteiger partial charge in [-0.25, -0.2) is 9.97 Å². The summed E-state index contributed by atoms with van der Waals surface area (Å²) in [6.45, 7) is 10.7. The minimum atomic E-state index is 0.0857. The molecule has 2 aliphatic rings. The second-order valence-corrected chi connectivity index (χ2v) is 7.94. The van der Waals surface area contributed by atoms with Crippen molar-refractivity contribution in [1.29, 1.82) is 0 Å². The van der Waals surface area contributed by atoms with Crippen molar-refractivity contribution < 1.29 is 9.59 Å². The number of nitrogens with one attached hydrogen (secondary N) is 1. The predicted molar refractivity (Wildman–Crippen MR) is 113 cm³/mol. The maximum atomic E-state index is 12.5. The van der Waals surface area contributed by atoms with Crippen LogP contribution in [0.15, 0.2) is 0 Å². The Hall–Kier alpha value is -2.22. The number of rotatable bonds is 6. The molecule has 29 heavy (non-hydrogen) atoms. The highest BCUT2D eigenvalue weighted by atomic mass is 16.2. The van der Waals surface area contributed by atoms with Gasteiger partial charge in [0.2, 0.25) is 11.8 Å². The van der Waals surface area contributed by atoms with Crippen LogP contribution in [-0.2, 0) is 22.6 Å². The Morgan fingerprint density at radius 2 is 1.97 bits per heavy atom. The van der Waals surface area contributed by atoms with E-state index in [-0.39, 0.29) is 17.7 Å². The molecule has 2 aliphatic heterocycles. The molecule has 3 heterocycles. The Labute approximate surface area is 173 Å². The summed E-state index contributed by atoms with van der Waals surface area (Å²) in [7, 11) is 1.87. The van der Waals surface area contributed by atoms with Gasteiger partial charge in [0.05, 0.1) is 18.8 Å². The minimum Gasteiger partial charge on any atom is -0.373 e. The van der Waals surface area contributed by atoms with E-state index in [1.807, 2.05) is 30.7 Å². The van der Waals surface area contributed by atoms with E-state index in [2.05, 4.69) is 10.2 Å². The van der Waals surface area contributed by atoms with Crippen LogP contribution in [-0.4, -0.2) is 82.8 Å². The number of aromatic nitrogens is 2. The minimum absolute atomic E-state index is 0.0857. The lowest BCUT2D eigenvalue weighted by Crippen LogP contribution is -2.44. The molecule has 0 radical (unpaired) electrons. The second-order valence-electron chi connectivity index (χ2n) is 7.94. The van der Waals surface area contributed by atoms with E-state index in [4.69, 9.17) is 9.97 Å². The Kier molecular flexibility index (Phi) is 7.05. The summed E-state index contributed by atoms with van der Waals surface area (Å²) in [5.74, 6) is 2.21. The third-order valence-corrected chi connectivity index (χ3v) is 6.11. The highest BCUT2D eigenvalue weighted by Crippen LogP contribution is 2.29. The second kappa shape index (κ2) is 9.52. The third-order valence-electron chi connectivity index (χ3n) is 6.11. The summed E-state index contributed by atoms with van der Waals surface area (Å²) < 4.78 is 0. The van der Waals surface area contributed by atoms with E-state index >= 15 is 0 Å². The molecule has 2 amide bonds. The van der Waals surface area contributed by atoms with Crippen molar-refractivity contribution in [2.45, 2.75) is 52.5 Å². The number of hydrogen-bond acceptors (Lipinski definition) is 6. The van der Waals surface area contributed by atoms with E-state index < -0.39 is 0 Å². The van der Waals surface area contributed by atoms with Gasteiger partial charge in [-0.15, -0.1) is 0 Å². The van der Waals surface area contributed by atoms with Crippen LogP contribution in [0.2, 0.25) is 0 Å². The van der Waals surface area contributed by atoms with Crippen molar-refractivity contribution in [3.8, 4) is 0 Å². The number of nitrogens with zero attached hydrogens (tertiary/aromatic N) is 5. The normalized spacial score (nSPS) is 19.6. The summed E-state index contributed by atoms with van der Waals surface area (Å²) in [5, 5.41) is 3.20. The quantitative estimate of drug-likeness (QED) is 0.776. The predicted octanol–water partition coefficient (Wildman–Crippen LogP) is 1.47. The van der Waals surface area contributed by atoms with Gasteiger partial charge in [0, 0.05) is 58.1 Å². The summed E-state index contributed by atoms with van der Waals surface area (Å²) in [6.07, 6.45) is 2.84. The lowest BCUT2D eigenvalue weighted by atomic mass is 9.96. The molecule has 0 saturated carbocycles. The number of carbonyl (C=O) groups is 2. The van der Waals surface area contributed by atoms with Crippen LogP contribution in [0.5, 0.6) is 0 Å². The fraction of sp³-hybridized carbons (Fsp3) is 0.714. The van der Waals surface area contributed by atoms with Crippen LogP contribution in [0.3, 0.4) is 0 Å². The van der Waals surface area contributed by atoms with Crippen LogP contribution >= 0.6 is 0 Å². The Bertz CT molecular complexity index is 732. The van der Waals surface area contributed by atoms with Gasteiger partial charge >= 0.3 is 0 Å². The monoisotopic (exact) mass is 402 g/mol. The maximum Gasteiger partial charge on any atom is 0.236 e. The zero-order chi connectivity index (χ0) is 21.0. The standard InChI is InChI=1S/C21H34N6O2/c1-5-26(6-2)19(29)14-25-10-7-8-16(12-25)20-23-18-9-11-27(15(3)28)13-17(18)21(22-4)24-20/h16H,5-14H2,1-4H3,(H,22,23,24). The molecule has 1 saturated heterocycles. The number of likely N-dealkylation sites (tertiary alicyclic amines) is 1. The van der Waals surface area contributed by atoms with Crippen LogP contribution < -0.4 is 5.32 Å². The summed E-state index contributed by atoms with van der Waals surface area (Å²) in [5.41, 5.74) is 2.08. The van der Waals surface area contributed by atoms with Crippen LogP contribution in [0, 0.1) is 0 Å². The molecule has 1 unspecified atom stereocenters. The highest BCUT2D eigenvalue weighted by Gasteiger charge is 2.29. The fourth-order valence-electron chi connectivity index (χ4n) is 4.37. The van der Waals surface area contributed by atoms with E-state index in [1.165, 1.54) is 0 Å². The lowest BCUT2D eigenvalue weighted by molar-refractivity contribution is -0.132. The average molecular weight is 403 g/mol. The first-order valence-corrected chi connectivity index (χ1v) is 10.8. The molecule has 1 aromatic rings. The third kappa shape index (κ3) is 4.86. The molecule has 0 spiro atoms. The first kappa shape index (κ1) is 21.5. The Morgan fingerprint density at radius 1 is 1.21 bits per heavy atom. The van der Waals surface area contributed by atoms with Gasteiger partial charge in [-0.2, -0.15) is 0 Å². The molecule has 8 nitrogen and oxygen atoms in total. The molecule has 0 aliphatic carbocycles. The average Bonchev–Trinajstić information content (AvgIpc) is 2.73. The largest absolute Gasteiger partial charge is 0.373 e. The molecular weight excluding hydrogens is 368 g/mol. The first-order valence-electron chi connectivity index (χ1n) is 10.8. The van der Waals surface area contributed by atoms with Gasteiger partial charge in [0.15, 0.2) is 0 Å². The van der Waals surface area contributed by atoms with E-state index in [1.54, 1.807) is 6.92 Å². The molecule has 0 bridgehead atoms. The van der Waals surface area contributed by atoms with Crippen LogP contribution in [0.25, 0.3) is 0 Å². The van der Waals surface area contributed by atoms with Crippen molar-refractivity contribution >= 4 is 17.6 Å². The van der Waals surface area contributed by atoms with Gasteiger partial charge in [-0.1, -0.05) is 0 Å².